The fourth-order valence-corrected chi connectivity index (χ4v) is 2.83. The van der Waals surface area contributed by atoms with E-state index in [1.807, 2.05) is 6.07 Å². The molecule has 19 heavy (non-hydrogen) atoms. The molecule has 0 saturated heterocycles. The Hall–Kier alpha value is -1.62. The van der Waals surface area contributed by atoms with Crippen LogP contribution in [0.4, 0.5) is 5.69 Å². The molecule has 1 saturated carbocycles. The van der Waals surface area contributed by atoms with Crippen LogP contribution in [0, 0.1) is 16.0 Å². The molecule has 104 valence electrons. The molecule has 0 aromatic heterocycles. The van der Waals surface area contributed by atoms with E-state index >= 15 is 0 Å². The van der Waals surface area contributed by atoms with Crippen molar-refractivity contribution < 1.29 is 9.66 Å². The van der Waals surface area contributed by atoms with Gasteiger partial charge in [0.2, 0.25) is 0 Å². The lowest BCUT2D eigenvalue weighted by Gasteiger charge is -2.18. The first-order valence-corrected chi connectivity index (χ1v) is 6.68. The van der Waals surface area contributed by atoms with E-state index in [9.17, 15) is 10.1 Å². The molecular formula is C14H20N2O3. The summed E-state index contributed by atoms with van der Waals surface area (Å²) in [5.41, 5.74) is 7.13. The lowest BCUT2D eigenvalue weighted by Crippen LogP contribution is -2.30. The highest BCUT2D eigenvalue weighted by Gasteiger charge is 2.23. The van der Waals surface area contributed by atoms with Gasteiger partial charge in [0.15, 0.2) is 5.75 Å². The summed E-state index contributed by atoms with van der Waals surface area (Å²) in [5, 5.41) is 11.0. The van der Waals surface area contributed by atoms with Crippen LogP contribution in [0.15, 0.2) is 18.2 Å². The van der Waals surface area contributed by atoms with E-state index < -0.39 is 4.92 Å². The normalized spacial score (nSPS) is 17.4. The lowest BCUT2D eigenvalue weighted by atomic mass is 9.93. The molecule has 0 bridgehead atoms. The average Bonchev–Trinajstić information content (AvgIpc) is 2.92. The molecule has 1 aliphatic rings. The molecule has 1 unspecified atom stereocenters. The third-order valence-electron chi connectivity index (χ3n) is 3.92. The molecule has 5 heteroatoms. The summed E-state index contributed by atoms with van der Waals surface area (Å²) < 4.78 is 4.99. The molecule has 2 rings (SSSR count). The van der Waals surface area contributed by atoms with Crippen molar-refractivity contribution in [3.05, 3.63) is 33.9 Å². The van der Waals surface area contributed by atoms with Crippen molar-refractivity contribution in [1.82, 2.24) is 0 Å². The zero-order valence-corrected chi connectivity index (χ0v) is 11.2. The van der Waals surface area contributed by atoms with E-state index in [4.69, 9.17) is 10.5 Å². The van der Waals surface area contributed by atoms with Crippen LogP contribution in [0.2, 0.25) is 0 Å². The average molecular weight is 264 g/mol. The van der Waals surface area contributed by atoms with Gasteiger partial charge in [-0.3, -0.25) is 10.1 Å². The molecular weight excluding hydrogens is 244 g/mol. The predicted molar refractivity (Wildman–Crippen MR) is 73.3 cm³/mol. The number of methoxy groups -OCH3 is 1. The molecule has 1 fully saturated rings. The van der Waals surface area contributed by atoms with Gasteiger partial charge in [-0.1, -0.05) is 18.9 Å². The SMILES string of the molecule is COc1ccc(CC(N)C2CCCC2)cc1[N+](=O)[O-]. The Morgan fingerprint density at radius 2 is 2.16 bits per heavy atom. The van der Waals surface area contributed by atoms with E-state index in [-0.39, 0.29) is 11.7 Å². The predicted octanol–water partition coefficient (Wildman–Crippen LogP) is 2.66. The Morgan fingerprint density at radius 1 is 1.47 bits per heavy atom. The number of nitrogens with two attached hydrogens (primary N) is 1. The fourth-order valence-electron chi connectivity index (χ4n) is 2.83. The Bertz CT molecular complexity index is 456. The summed E-state index contributed by atoms with van der Waals surface area (Å²) in [6.07, 6.45) is 5.55. The second-order valence-corrected chi connectivity index (χ2v) is 5.18. The standard InChI is InChI=1S/C14H20N2O3/c1-19-14-7-6-10(9-13(14)16(17)18)8-12(15)11-4-2-3-5-11/h6-7,9,11-12H,2-5,8,15H2,1H3. The molecule has 5 nitrogen and oxygen atoms in total. The number of nitro benzene ring substituents is 1. The second-order valence-electron chi connectivity index (χ2n) is 5.18. The molecule has 0 aliphatic heterocycles. The third kappa shape index (κ3) is 3.23. The monoisotopic (exact) mass is 264 g/mol. The number of ether oxygens (including phenoxy) is 1. The fraction of sp³-hybridized carbons (Fsp3) is 0.571. The molecule has 1 aromatic rings. The Labute approximate surface area is 112 Å². The first-order chi connectivity index (χ1) is 9.11. The zero-order chi connectivity index (χ0) is 13.8. The van der Waals surface area contributed by atoms with Gasteiger partial charge in [-0.2, -0.15) is 0 Å². The number of nitrogens with zero attached hydrogens (tertiary/aromatic N) is 1. The van der Waals surface area contributed by atoms with Gasteiger partial charge in [-0.15, -0.1) is 0 Å². The minimum atomic E-state index is -0.413. The van der Waals surface area contributed by atoms with Gasteiger partial charge >= 0.3 is 5.69 Å². The molecule has 1 aromatic carbocycles. The molecule has 0 amide bonds. The highest BCUT2D eigenvalue weighted by atomic mass is 16.6. The van der Waals surface area contributed by atoms with Crippen molar-refractivity contribution in [2.24, 2.45) is 11.7 Å². The molecule has 2 N–H and O–H groups in total. The molecule has 0 spiro atoms. The van der Waals surface area contributed by atoms with Crippen LogP contribution in [0.5, 0.6) is 5.75 Å². The maximum atomic E-state index is 11.0. The number of hydrogen-bond acceptors (Lipinski definition) is 4. The Balaban J connectivity index is 2.11. The van der Waals surface area contributed by atoms with Crippen LogP contribution in [-0.4, -0.2) is 18.1 Å². The first kappa shape index (κ1) is 13.8. The van der Waals surface area contributed by atoms with Crippen LogP contribution >= 0.6 is 0 Å². The van der Waals surface area contributed by atoms with Gasteiger partial charge in [-0.05, 0) is 36.8 Å². The third-order valence-corrected chi connectivity index (χ3v) is 3.92. The smallest absolute Gasteiger partial charge is 0.311 e. The summed E-state index contributed by atoms with van der Waals surface area (Å²) >= 11 is 0. The largest absolute Gasteiger partial charge is 0.490 e. The van der Waals surface area contributed by atoms with Crippen LogP contribution in [0.25, 0.3) is 0 Å². The summed E-state index contributed by atoms with van der Waals surface area (Å²) in [7, 11) is 1.44. The van der Waals surface area contributed by atoms with E-state index in [0.29, 0.717) is 18.1 Å². The van der Waals surface area contributed by atoms with Crippen molar-refractivity contribution in [2.45, 2.75) is 38.1 Å². The highest BCUT2D eigenvalue weighted by Crippen LogP contribution is 2.31. The molecule has 0 heterocycles. The Kier molecular flexibility index (Phi) is 4.37. The van der Waals surface area contributed by atoms with Crippen molar-refractivity contribution in [3.63, 3.8) is 0 Å². The van der Waals surface area contributed by atoms with E-state index in [1.165, 1.54) is 32.8 Å². The van der Waals surface area contributed by atoms with Crippen LogP contribution in [0.1, 0.15) is 31.2 Å². The van der Waals surface area contributed by atoms with Crippen molar-refractivity contribution >= 4 is 5.69 Å². The van der Waals surface area contributed by atoms with Crippen molar-refractivity contribution in [2.75, 3.05) is 7.11 Å². The zero-order valence-electron chi connectivity index (χ0n) is 11.2. The first-order valence-electron chi connectivity index (χ1n) is 6.68. The van der Waals surface area contributed by atoms with Gasteiger partial charge in [0.25, 0.3) is 0 Å². The topological polar surface area (TPSA) is 78.4 Å². The maximum Gasteiger partial charge on any atom is 0.311 e. The van der Waals surface area contributed by atoms with Gasteiger partial charge in [-0.25, -0.2) is 0 Å². The van der Waals surface area contributed by atoms with Gasteiger partial charge in [0, 0.05) is 12.1 Å². The van der Waals surface area contributed by atoms with E-state index in [1.54, 1.807) is 12.1 Å². The molecule has 1 atom stereocenters. The molecule has 0 radical (unpaired) electrons. The summed E-state index contributed by atoms with van der Waals surface area (Å²) in [6.45, 7) is 0. The minimum absolute atomic E-state index is 0.0126. The number of rotatable bonds is 5. The van der Waals surface area contributed by atoms with Crippen LogP contribution in [-0.2, 0) is 6.42 Å². The van der Waals surface area contributed by atoms with E-state index in [2.05, 4.69) is 0 Å². The second kappa shape index (κ2) is 6.02. The highest BCUT2D eigenvalue weighted by molar-refractivity contribution is 5.48. The lowest BCUT2D eigenvalue weighted by molar-refractivity contribution is -0.385. The summed E-state index contributed by atoms with van der Waals surface area (Å²) in [5.74, 6) is 0.851. The van der Waals surface area contributed by atoms with E-state index in [0.717, 1.165) is 5.56 Å². The van der Waals surface area contributed by atoms with Crippen molar-refractivity contribution in [3.8, 4) is 5.75 Å². The number of benzene rings is 1. The van der Waals surface area contributed by atoms with Gasteiger partial charge in [0.1, 0.15) is 0 Å². The quantitative estimate of drug-likeness (QED) is 0.655. The summed E-state index contributed by atoms with van der Waals surface area (Å²) in [4.78, 5) is 10.6. The Morgan fingerprint density at radius 3 is 2.74 bits per heavy atom. The van der Waals surface area contributed by atoms with Gasteiger partial charge < -0.3 is 10.5 Å². The van der Waals surface area contributed by atoms with Crippen LogP contribution < -0.4 is 10.5 Å². The minimum Gasteiger partial charge on any atom is -0.490 e. The van der Waals surface area contributed by atoms with Gasteiger partial charge in [0.05, 0.1) is 12.0 Å². The summed E-state index contributed by atoms with van der Waals surface area (Å²) in [6, 6.07) is 5.18. The van der Waals surface area contributed by atoms with Crippen molar-refractivity contribution in [1.29, 1.82) is 0 Å². The molecule has 1 aliphatic carbocycles. The van der Waals surface area contributed by atoms with Crippen LogP contribution in [0.3, 0.4) is 0 Å². The maximum absolute atomic E-state index is 11.0. The number of nitro groups is 1. The number of hydrogen-bond donors (Lipinski definition) is 1.